The SMILES string of the molecule is CC.Cc1cncc2c1CN(C1CCC(=O)NC1=O)C2=O. The third-order valence-corrected chi connectivity index (χ3v) is 3.68. The fourth-order valence-corrected chi connectivity index (χ4v) is 2.61. The molecule has 0 spiro atoms. The van der Waals surface area contributed by atoms with Crippen LogP contribution in [0.5, 0.6) is 0 Å². The lowest BCUT2D eigenvalue weighted by Gasteiger charge is -2.29. The second kappa shape index (κ2) is 6.03. The van der Waals surface area contributed by atoms with E-state index in [1.165, 1.54) is 11.1 Å². The first kappa shape index (κ1) is 15.2. The quantitative estimate of drug-likeness (QED) is 0.787. The predicted molar refractivity (Wildman–Crippen MR) is 76.4 cm³/mol. The average Bonchev–Trinajstić information content (AvgIpc) is 2.80. The molecule has 0 saturated carbocycles. The number of piperidine rings is 1. The Balaban J connectivity index is 0.000000774. The summed E-state index contributed by atoms with van der Waals surface area (Å²) in [4.78, 5) is 40.8. The molecule has 1 unspecified atom stereocenters. The molecule has 21 heavy (non-hydrogen) atoms. The van der Waals surface area contributed by atoms with Crippen LogP contribution in [0.25, 0.3) is 0 Å². The molecule has 3 rings (SSSR count). The minimum atomic E-state index is -0.558. The first-order chi connectivity index (χ1) is 10.1. The maximum Gasteiger partial charge on any atom is 0.256 e. The topological polar surface area (TPSA) is 79.4 Å². The largest absolute Gasteiger partial charge is 0.322 e. The van der Waals surface area contributed by atoms with Gasteiger partial charge in [-0.2, -0.15) is 0 Å². The summed E-state index contributed by atoms with van der Waals surface area (Å²) in [6.07, 6.45) is 3.90. The summed E-state index contributed by atoms with van der Waals surface area (Å²) in [5.74, 6) is -0.841. The normalized spacial score (nSPS) is 20.6. The van der Waals surface area contributed by atoms with E-state index < -0.39 is 6.04 Å². The molecule has 2 aliphatic heterocycles. The van der Waals surface area contributed by atoms with E-state index in [0.29, 0.717) is 18.5 Å². The zero-order chi connectivity index (χ0) is 15.6. The van der Waals surface area contributed by atoms with Crippen molar-refractivity contribution in [2.24, 2.45) is 0 Å². The number of hydrogen-bond donors (Lipinski definition) is 1. The average molecular weight is 289 g/mol. The van der Waals surface area contributed by atoms with Crippen molar-refractivity contribution in [1.82, 2.24) is 15.2 Å². The number of aromatic nitrogens is 1. The van der Waals surface area contributed by atoms with E-state index in [2.05, 4.69) is 10.3 Å². The number of imide groups is 1. The van der Waals surface area contributed by atoms with Gasteiger partial charge in [0.05, 0.1) is 5.56 Å². The highest BCUT2D eigenvalue weighted by Crippen LogP contribution is 2.28. The van der Waals surface area contributed by atoms with E-state index in [1.54, 1.807) is 6.20 Å². The molecule has 6 heteroatoms. The molecule has 1 N–H and O–H groups in total. The number of hydrogen-bond acceptors (Lipinski definition) is 4. The van der Waals surface area contributed by atoms with Crippen LogP contribution < -0.4 is 5.32 Å². The van der Waals surface area contributed by atoms with E-state index in [-0.39, 0.29) is 24.1 Å². The summed E-state index contributed by atoms with van der Waals surface area (Å²) in [6, 6.07) is -0.558. The van der Waals surface area contributed by atoms with Crippen LogP contribution in [0.1, 0.15) is 48.2 Å². The van der Waals surface area contributed by atoms with Crippen LogP contribution in [-0.4, -0.2) is 33.6 Å². The van der Waals surface area contributed by atoms with Gasteiger partial charge in [-0.05, 0) is 24.5 Å². The van der Waals surface area contributed by atoms with E-state index in [4.69, 9.17) is 0 Å². The first-order valence-electron chi connectivity index (χ1n) is 7.16. The third kappa shape index (κ3) is 2.66. The zero-order valence-corrected chi connectivity index (χ0v) is 12.5. The van der Waals surface area contributed by atoms with Crippen molar-refractivity contribution in [1.29, 1.82) is 0 Å². The molecule has 1 saturated heterocycles. The Labute approximate surface area is 123 Å². The van der Waals surface area contributed by atoms with Gasteiger partial charge in [0.15, 0.2) is 0 Å². The van der Waals surface area contributed by atoms with E-state index >= 15 is 0 Å². The van der Waals surface area contributed by atoms with Crippen molar-refractivity contribution in [3.8, 4) is 0 Å². The highest BCUT2D eigenvalue weighted by Gasteiger charge is 2.39. The van der Waals surface area contributed by atoms with Gasteiger partial charge < -0.3 is 4.90 Å². The Hall–Kier alpha value is -2.24. The Bertz CT molecular complexity index is 598. The summed E-state index contributed by atoms with van der Waals surface area (Å²) < 4.78 is 0. The Morgan fingerprint density at radius 2 is 1.95 bits per heavy atom. The minimum absolute atomic E-state index is 0.180. The molecule has 6 nitrogen and oxygen atoms in total. The van der Waals surface area contributed by atoms with E-state index in [1.807, 2.05) is 20.8 Å². The van der Waals surface area contributed by atoms with Gasteiger partial charge >= 0.3 is 0 Å². The monoisotopic (exact) mass is 289 g/mol. The number of fused-ring (bicyclic) bond motifs is 1. The number of nitrogens with zero attached hydrogens (tertiary/aromatic N) is 2. The van der Waals surface area contributed by atoms with Crippen molar-refractivity contribution in [3.05, 3.63) is 29.1 Å². The van der Waals surface area contributed by atoms with Crippen LogP contribution in [0, 0.1) is 6.92 Å². The van der Waals surface area contributed by atoms with Crippen LogP contribution in [0.4, 0.5) is 0 Å². The van der Waals surface area contributed by atoms with E-state index in [9.17, 15) is 14.4 Å². The molecular weight excluding hydrogens is 270 g/mol. The molecule has 0 radical (unpaired) electrons. The zero-order valence-electron chi connectivity index (χ0n) is 12.5. The molecule has 2 aliphatic rings. The van der Waals surface area contributed by atoms with Gasteiger partial charge in [0.25, 0.3) is 5.91 Å². The minimum Gasteiger partial charge on any atom is -0.322 e. The van der Waals surface area contributed by atoms with Crippen molar-refractivity contribution in [2.45, 2.75) is 46.2 Å². The van der Waals surface area contributed by atoms with Crippen LogP contribution in [0.2, 0.25) is 0 Å². The van der Waals surface area contributed by atoms with Crippen molar-refractivity contribution >= 4 is 17.7 Å². The molecule has 0 aliphatic carbocycles. The molecule has 3 amide bonds. The summed E-state index contributed by atoms with van der Waals surface area (Å²) in [6.45, 7) is 6.31. The molecule has 1 aromatic heterocycles. The summed E-state index contributed by atoms with van der Waals surface area (Å²) >= 11 is 0. The molecule has 1 fully saturated rings. The van der Waals surface area contributed by atoms with Crippen molar-refractivity contribution in [2.75, 3.05) is 0 Å². The van der Waals surface area contributed by atoms with Crippen LogP contribution in [-0.2, 0) is 16.1 Å². The molecule has 3 heterocycles. The standard InChI is InChI=1S/C13H13N3O3.C2H6/c1-7-4-14-5-8-9(7)6-16(13(8)19)10-2-3-11(17)15-12(10)18;1-2/h4-5,10H,2-3,6H2,1H3,(H,15,17,18);1-2H3. The number of carbonyl (C=O) groups is 3. The van der Waals surface area contributed by atoms with Crippen molar-refractivity contribution in [3.63, 3.8) is 0 Å². The second-order valence-electron chi connectivity index (χ2n) is 4.88. The summed E-state index contributed by atoms with van der Waals surface area (Å²) in [5.41, 5.74) is 2.43. The number of pyridine rings is 1. The predicted octanol–water partition coefficient (Wildman–Crippen LogP) is 1.18. The lowest BCUT2D eigenvalue weighted by atomic mass is 10.0. The molecule has 1 aromatic rings. The molecule has 1 atom stereocenters. The maximum absolute atomic E-state index is 12.3. The molecule has 0 bridgehead atoms. The lowest BCUT2D eigenvalue weighted by molar-refractivity contribution is -0.136. The summed E-state index contributed by atoms with van der Waals surface area (Å²) in [7, 11) is 0. The van der Waals surface area contributed by atoms with Gasteiger partial charge in [0.1, 0.15) is 6.04 Å². The van der Waals surface area contributed by atoms with Gasteiger partial charge in [0.2, 0.25) is 11.8 Å². The van der Waals surface area contributed by atoms with Gasteiger partial charge in [-0.1, -0.05) is 13.8 Å². The first-order valence-corrected chi connectivity index (χ1v) is 7.16. The van der Waals surface area contributed by atoms with Gasteiger partial charge in [0, 0.05) is 25.4 Å². The Kier molecular flexibility index (Phi) is 4.35. The third-order valence-electron chi connectivity index (χ3n) is 3.68. The number of amides is 3. The van der Waals surface area contributed by atoms with Gasteiger partial charge in [-0.15, -0.1) is 0 Å². The lowest BCUT2D eigenvalue weighted by Crippen LogP contribution is -2.52. The van der Waals surface area contributed by atoms with Crippen molar-refractivity contribution < 1.29 is 14.4 Å². The van der Waals surface area contributed by atoms with E-state index in [0.717, 1.165) is 11.1 Å². The van der Waals surface area contributed by atoms with Crippen LogP contribution in [0.15, 0.2) is 12.4 Å². The van der Waals surface area contributed by atoms with Crippen LogP contribution >= 0.6 is 0 Å². The fraction of sp³-hybridized carbons (Fsp3) is 0.467. The van der Waals surface area contributed by atoms with Gasteiger partial charge in [-0.25, -0.2) is 0 Å². The second-order valence-corrected chi connectivity index (χ2v) is 4.88. The fourth-order valence-electron chi connectivity index (χ4n) is 2.61. The maximum atomic E-state index is 12.3. The smallest absolute Gasteiger partial charge is 0.256 e. The number of nitrogens with one attached hydrogen (secondary N) is 1. The molecule has 0 aromatic carbocycles. The number of aryl methyl sites for hydroxylation is 1. The highest BCUT2D eigenvalue weighted by atomic mass is 16.2. The van der Waals surface area contributed by atoms with Crippen LogP contribution in [0.3, 0.4) is 0 Å². The number of carbonyl (C=O) groups excluding carboxylic acids is 3. The number of rotatable bonds is 1. The highest BCUT2D eigenvalue weighted by molar-refractivity contribution is 6.05. The Morgan fingerprint density at radius 1 is 1.24 bits per heavy atom. The molecular formula is C15H19N3O3. The Morgan fingerprint density at radius 3 is 2.57 bits per heavy atom. The van der Waals surface area contributed by atoms with Gasteiger partial charge in [-0.3, -0.25) is 24.7 Å². The summed E-state index contributed by atoms with van der Waals surface area (Å²) in [5, 5.41) is 2.28. The molecule has 112 valence electrons.